The summed E-state index contributed by atoms with van der Waals surface area (Å²) >= 11 is 0. The Bertz CT molecular complexity index is 1170. The van der Waals surface area contributed by atoms with Gasteiger partial charge in [0, 0.05) is 38.2 Å². The van der Waals surface area contributed by atoms with Crippen molar-refractivity contribution in [1.29, 1.82) is 0 Å². The van der Waals surface area contributed by atoms with Crippen molar-refractivity contribution in [3.05, 3.63) is 116 Å². The first-order valence-corrected chi connectivity index (χ1v) is 9.63. The first kappa shape index (κ1) is 22.4. The first-order valence-electron chi connectivity index (χ1n) is 9.63. The van der Waals surface area contributed by atoms with Crippen LogP contribution < -0.4 is 4.74 Å². The fourth-order valence-electron chi connectivity index (χ4n) is 3.09. The minimum atomic E-state index is 0. The van der Waals surface area contributed by atoms with Gasteiger partial charge in [-0.2, -0.15) is 0 Å². The van der Waals surface area contributed by atoms with Gasteiger partial charge in [0.1, 0.15) is 0 Å². The third-order valence-corrected chi connectivity index (χ3v) is 4.60. The Morgan fingerprint density at radius 3 is 2.26 bits per heavy atom. The van der Waals surface area contributed by atoms with E-state index in [1.807, 2.05) is 85.1 Å². The van der Waals surface area contributed by atoms with Gasteiger partial charge < -0.3 is 14.7 Å². The maximum absolute atomic E-state index is 5.14. The molecule has 2 aromatic heterocycles. The number of pyridine rings is 2. The van der Waals surface area contributed by atoms with E-state index < -0.39 is 0 Å². The van der Waals surface area contributed by atoms with Crippen LogP contribution in [-0.4, -0.2) is 17.1 Å². The predicted octanol–water partition coefficient (Wildman–Crippen LogP) is 6.26. The van der Waals surface area contributed by atoms with E-state index in [9.17, 15) is 0 Å². The number of fused-ring (bicyclic) bond motifs is 1. The summed E-state index contributed by atoms with van der Waals surface area (Å²) in [7, 11) is 1.65. The Kier molecular flexibility index (Phi) is 8.05. The van der Waals surface area contributed by atoms with Gasteiger partial charge in [-0.15, -0.1) is 65.7 Å². The van der Waals surface area contributed by atoms with E-state index in [0.717, 1.165) is 33.7 Å². The van der Waals surface area contributed by atoms with Crippen LogP contribution in [0.3, 0.4) is 0 Å². The van der Waals surface area contributed by atoms with Crippen molar-refractivity contribution in [3.63, 3.8) is 0 Å². The Labute approximate surface area is 196 Å². The molecule has 155 valence electrons. The minimum Gasteiger partial charge on any atom is -0.540 e. The molecule has 5 aromatic rings. The van der Waals surface area contributed by atoms with Gasteiger partial charge in [0.15, 0.2) is 0 Å². The molecule has 3 nitrogen and oxygen atoms in total. The third-order valence-electron chi connectivity index (χ3n) is 4.60. The monoisotopic (exact) mass is 581 g/mol. The van der Waals surface area contributed by atoms with E-state index >= 15 is 0 Å². The van der Waals surface area contributed by atoms with Gasteiger partial charge in [-0.3, -0.25) is 0 Å². The van der Waals surface area contributed by atoms with Crippen LogP contribution in [0.2, 0.25) is 0 Å². The maximum Gasteiger partial charge on any atom is 0.0647 e. The van der Waals surface area contributed by atoms with Gasteiger partial charge in [0.25, 0.3) is 0 Å². The zero-order valence-corrected chi connectivity index (χ0v) is 19.3. The van der Waals surface area contributed by atoms with Crippen molar-refractivity contribution in [2.75, 3.05) is 7.11 Å². The maximum atomic E-state index is 5.14. The second-order valence-electron chi connectivity index (χ2n) is 6.51. The minimum absolute atomic E-state index is 0. The zero-order chi connectivity index (χ0) is 20.6. The van der Waals surface area contributed by atoms with Crippen LogP contribution in [0, 0.1) is 12.1 Å². The number of ether oxygens (including phenoxy) is 1. The predicted molar refractivity (Wildman–Crippen MR) is 121 cm³/mol. The summed E-state index contributed by atoms with van der Waals surface area (Å²) in [5.41, 5.74) is 3.94. The SMILES string of the molecule is COc1c[c-]c(-c2nccc3ccccc23)cc1.[Ir].[c-]1ccccc1-c1ccccn1. The second kappa shape index (κ2) is 11.2. The summed E-state index contributed by atoms with van der Waals surface area (Å²) in [6, 6.07) is 36.0. The second-order valence-corrected chi connectivity index (χ2v) is 6.51. The molecular weight excluding hydrogens is 561 g/mol. The van der Waals surface area contributed by atoms with Crippen LogP contribution >= 0.6 is 0 Å². The van der Waals surface area contributed by atoms with E-state index in [-0.39, 0.29) is 20.1 Å². The molecule has 3 aromatic carbocycles. The molecule has 31 heavy (non-hydrogen) atoms. The molecule has 4 heteroatoms. The van der Waals surface area contributed by atoms with E-state index in [1.165, 1.54) is 5.39 Å². The molecule has 0 spiro atoms. The van der Waals surface area contributed by atoms with Crippen molar-refractivity contribution in [1.82, 2.24) is 9.97 Å². The van der Waals surface area contributed by atoms with Gasteiger partial charge in [0.05, 0.1) is 7.11 Å². The van der Waals surface area contributed by atoms with Gasteiger partial charge in [0.2, 0.25) is 0 Å². The Morgan fingerprint density at radius 2 is 1.55 bits per heavy atom. The van der Waals surface area contributed by atoms with Crippen molar-refractivity contribution in [2.45, 2.75) is 0 Å². The van der Waals surface area contributed by atoms with E-state index in [0.29, 0.717) is 0 Å². The third kappa shape index (κ3) is 5.63. The van der Waals surface area contributed by atoms with Gasteiger partial charge in [-0.25, -0.2) is 0 Å². The number of benzene rings is 3. The molecule has 0 aliphatic heterocycles. The molecule has 0 saturated heterocycles. The Hall–Kier alpha value is -3.33. The first-order chi connectivity index (χ1) is 14.8. The number of hydrogen-bond acceptors (Lipinski definition) is 3. The molecule has 0 N–H and O–H groups in total. The van der Waals surface area contributed by atoms with Crippen LogP contribution in [-0.2, 0) is 20.1 Å². The van der Waals surface area contributed by atoms with E-state index in [4.69, 9.17) is 4.74 Å². The number of methoxy groups -OCH3 is 1. The molecule has 0 atom stereocenters. The van der Waals surface area contributed by atoms with Crippen LogP contribution in [0.15, 0.2) is 103 Å². The molecule has 5 rings (SSSR count). The molecule has 0 unspecified atom stereocenters. The average molecular weight is 581 g/mol. The summed E-state index contributed by atoms with van der Waals surface area (Å²) in [6.07, 6.45) is 3.62. The quantitative estimate of drug-likeness (QED) is 0.237. The zero-order valence-electron chi connectivity index (χ0n) is 17.0. The van der Waals surface area contributed by atoms with Crippen LogP contribution in [0.25, 0.3) is 33.3 Å². The molecule has 0 saturated carbocycles. The molecule has 0 aliphatic carbocycles. The average Bonchev–Trinajstić information content (AvgIpc) is 2.85. The molecule has 1 radical (unpaired) electrons. The van der Waals surface area contributed by atoms with Gasteiger partial charge in [-0.05, 0) is 34.3 Å². The summed E-state index contributed by atoms with van der Waals surface area (Å²) in [5.74, 6) is 0.805. The van der Waals surface area contributed by atoms with Gasteiger partial charge in [-0.1, -0.05) is 36.4 Å². The van der Waals surface area contributed by atoms with Gasteiger partial charge >= 0.3 is 0 Å². The Morgan fingerprint density at radius 1 is 0.710 bits per heavy atom. The van der Waals surface area contributed by atoms with Crippen LogP contribution in [0.5, 0.6) is 5.75 Å². The topological polar surface area (TPSA) is 35.0 Å². The fraction of sp³-hybridized carbons (Fsp3) is 0.0370. The van der Waals surface area contributed by atoms with Crippen molar-refractivity contribution in [3.8, 4) is 28.3 Å². The fourth-order valence-corrected chi connectivity index (χ4v) is 3.09. The number of aromatic nitrogens is 2. The van der Waals surface area contributed by atoms with Crippen molar-refractivity contribution >= 4 is 10.8 Å². The number of rotatable bonds is 3. The van der Waals surface area contributed by atoms with Crippen molar-refractivity contribution < 1.29 is 24.8 Å². The van der Waals surface area contributed by atoms with E-state index in [2.05, 4.69) is 34.2 Å². The summed E-state index contributed by atoms with van der Waals surface area (Å²) < 4.78 is 5.14. The molecule has 0 fully saturated rings. The van der Waals surface area contributed by atoms with Crippen LogP contribution in [0.1, 0.15) is 0 Å². The Balaban J connectivity index is 0.000000183. The molecule has 0 aliphatic rings. The molecule has 0 amide bonds. The normalized spacial score (nSPS) is 9.84. The largest absolute Gasteiger partial charge is 0.540 e. The molecular formula is C27H20IrN2O-2. The summed E-state index contributed by atoms with van der Waals surface area (Å²) in [5, 5.41) is 2.33. The summed E-state index contributed by atoms with van der Waals surface area (Å²) in [4.78, 5) is 8.68. The van der Waals surface area contributed by atoms with Crippen molar-refractivity contribution in [2.24, 2.45) is 0 Å². The summed E-state index contributed by atoms with van der Waals surface area (Å²) in [6.45, 7) is 0. The number of nitrogens with zero attached hydrogens (tertiary/aromatic N) is 2. The molecule has 2 heterocycles. The van der Waals surface area contributed by atoms with E-state index in [1.54, 1.807) is 13.3 Å². The smallest absolute Gasteiger partial charge is 0.0647 e. The van der Waals surface area contributed by atoms with Crippen LogP contribution in [0.4, 0.5) is 0 Å². The standard InChI is InChI=1S/C16H12NO.C11H8N.Ir/c1-18-14-8-6-13(7-9-14)16-15-5-3-2-4-12(15)10-11-17-16;1-2-6-10(7-3-1)11-8-4-5-9-12-11;/h2-6,8-11H,1H3;1-6,8-9H;/q2*-1;. The number of hydrogen-bond donors (Lipinski definition) is 0. The molecule has 0 bridgehead atoms.